The molecule has 0 unspecified atom stereocenters. The number of nitrogens with one attached hydrogen (secondary N) is 2. The van der Waals surface area contributed by atoms with Gasteiger partial charge in [-0.05, 0) is 24.3 Å². The number of benzene rings is 1. The smallest absolute Gasteiger partial charge is 0.321 e. The number of nitrogens with zero attached hydrogens (tertiary/aromatic N) is 1. The highest BCUT2D eigenvalue weighted by atomic mass is 35.5. The van der Waals surface area contributed by atoms with E-state index in [1.807, 2.05) is 4.72 Å². The van der Waals surface area contributed by atoms with Gasteiger partial charge in [0.15, 0.2) is 0 Å². The van der Waals surface area contributed by atoms with Gasteiger partial charge in [0.2, 0.25) is 10.0 Å². The fraction of sp³-hybridized carbons (Fsp3) is 0.188. The van der Waals surface area contributed by atoms with Gasteiger partial charge >= 0.3 is 5.97 Å². The largest absolute Gasteiger partial charge is 0.467 e. The Labute approximate surface area is 165 Å². The van der Waals surface area contributed by atoms with Crippen LogP contribution in [-0.2, 0) is 26.1 Å². The predicted molar refractivity (Wildman–Crippen MR) is 100 cm³/mol. The van der Waals surface area contributed by atoms with Crippen molar-refractivity contribution in [3.05, 3.63) is 64.1 Å². The van der Waals surface area contributed by atoms with Gasteiger partial charge in [-0.1, -0.05) is 18.2 Å². The Morgan fingerprint density at radius 1 is 1.36 bits per heavy atom. The standard InChI is InChI=1S/C16H16ClN3O7S/c1-11(17)10-27-16(21)9-19-28(24,25)13-4-5-14(15(7-13)20(22)23)18-8-12-3-2-6-26-12/h2-7,18-19H,1,8-10H2. The molecule has 1 heterocycles. The summed E-state index contributed by atoms with van der Waals surface area (Å²) in [6.07, 6.45) is 1.46. The first-order valence-corrected chi connectivity index (χ1v) is 9.58. The van der Waals surface area contributed by atoms with E-state index in [-0.39, 0.29) is 28.8 Å². The van der Waals surface area contributed by atoms with E-state index in [1.165, 1.54) is 18.4 Å². The molecule has 0 spiro atoms. The molecule has 2 rings (SSSR count). The van der Waals surface area contributed by atoms with Gasteiger partial charge in [0, 0.05) is 11.1 Å². The van der Waals surface area contributed by atoms with Crippen molar-refractivity contribution < 1.29 is 27.3 Å². The van der Waals surface area contributed by atoms with Crippen LogP contribution in [0.15, 0.2) is 57.5 Å². The molecular weight excluding hydrogens is 414 g/mol. The van der Waals surface area contributed by atoms with E-state index in [9.17, 15) is 23.3 Å². The summed E-state index contributed by atoms with van der Waals surface area (Å²) in [4.78, 5) is 21.7. The first kappa shape index (κ1) is 21.4. The Hall–Kier alpha value is -2.89. The summed E-state index contributed by atoms with van der Waals surface area (Å²) < 4.78 is 36.4. The first-order valence-electron chi connectivity index (χ1n) is 7.72. The fourth-order valence-electron chi connectivity index (χ4n) is 2.02. The number of furan rings is 1. The highest BCUT2D eigenvalue weighted by molar-refractivity contribution is 7.89. The second kappa shape index (κ2) is 9.35. The average molecular weight is 430 g/mol. The van der Waals surface area contributed by atoms with E-state index in [0.717, 1.165) is 6.07 Å². The van der Waals surface area contributed by atoms with Gasteiger partial charge < -0.3 is 14.5 Å². The van der Waals surface area contributed by atoms with E-state index in [4.69, 9.17) is 16.0 Å². The maximum atomic E-state index is 12.3. The van der Waals surface area contributed by atoms with Crippen LogP contribution in [0.5, 0.6) is 0 Å². The molecule has 0 radical (unpaired) electrons. The number of hydrogen-bond donors (Lipinski definition) is 2. The second-order valence-corrected chi connectivity index (χ2v) is 7.67. The van der Waals surface area contributed by atoms with Crippen LogP contribution < -0.4 is 10.0 Å². The number of anilines is 1. The number of halogens is 1. The number of nitro benzene ring substituents is 1. The van der Waals surface area contributed by atoms with Crippen molar-refractivity contribution in [2.75, 3.05) is 18.5 Å². The summed E-state index contributed by atoms with van der Waals surface area (Å²) in [7, 11) is -4.18. The van der Waals surface area contributed by atoms with Crippen LogP contribution in [0.1, 0.15) is 5.76 Å². The summed E-state index contributed by atoms with van der Waals surface area (Å²) >= 11 is 5.44. The number of ether oxygens (including phenoxy) is 1. The SMILES string of the molecule is C=C(Cl)COC(=O)CNS(=O)(=O)c1ccc(NCc2ccco2)c([N+](=O)[O-])c1. The Kier molecular flexibility index (Phi) is 7.15. The molecule has 0 aliphatic heterocycles. The molecule has 12 heteroatoms. The Morgan fingerprint density at radius 3 is 2.71 bits per heavy atom. The molecule has 0 atom stereocenters. The minimum Gasteiger partial charge on any atom is -0.467 e. The molecule has 2 aromatic rings. The van der Waals surface area contributed by atoms with Crippen molar-refractivity contribution in [2.45, 2.75) is 11.4 Å². The molecule has 0 bridgehead atoms. The molecule has 1 aromatic carbocycles. The molecule has 0 aliphatic rings. The third-order valence-electron chi connectivity index (χ3n) is 3.31. The summed E-state index contributed by atoms with van der Waals surface area (Å²) in [5.41, 5.74) is -0.337. The van der Waals surface area contributed by atoms with Crippen LogP contribution in [0.25, 0.3) is 0 Å². The first-order chi connectivity index (χ1) is 13.2. The molecule has 2 N–H and O–H groups in total. The zero-order valence-corrected chi connectivity index (χ0v) is 16.0. The number of carbonyl (C=O) groups is 1. The van der Waals surface area contributed by atoms with Gasteiger partial charge in [0.05, 0.1) is 22.6 Å². The molecule has 28 heavy (non-hydrogen) atoms. The van der Waals surface area contributed by atoms with Crippen LogP contribution in [-0.4, -0.2) is 32.5 Å². The number of hydrogen-bond acceptors (Lipinski definition) is 8. The Bertz CT molecular complexity index is 974. The zero-order valence-electron chi connectivity index (χ0n) is 14.4. The molecule has 150 valence electrons. The molecule has 0 saturated heterocycles. The van der Waals surface area contributed by atoms with Gasteiger partial charge in [-0.3, -0.25) is 14.9 Å². The monoisotopic (exact) mass is 429 g/mol. The molecule has 0 fully saturated rings. The number of esters is 1. The molecular formula is C16H16ClN3O7S. The van der Waals surface area contributed by atoms with Gasteiger partial charge in [-0.25, -0.2) is 8.42 Å². The minimum absolute atomic E-state index is 0.0736. The van der Waals surface area contributed by atoms with Crippen molar-refractivity contribution in [1.82, 2.24) is 4.72 Å². The van der Waals surface area contributed by atoms with E-state index in [2.05, 4.69) is 16.6 Å². The van der Waals surface area contributed by atoms with Crippen LogP contribution in [0.2, 0.25) is 0 Å². The predicted octanol–water partition coefficient (Wildman–Crippen LogP) is 2.37. The van der Waals surface area contributed by atoms with Crippen LogP contribution in [0.4, 0.5) is 11.4 Å². The highest BCUT2D eigenvalue weighted by Gasteiger charge is 2.22. The number of sulfonamides is 1. The topological polar surface area (TPSA) is 141 Å². The number of carbonyl (C=O) groups excluding carboxylic acids is 1. The third-order valence-corrected chi connectivity index (χ3v) is 4.81. The van der Waals surface area contributed by atoms with Crippen LogP contribution >= 0.6 is 11.6 Å². The lowest BCUT2D eigenvalue weighted by Crippen LogP contribution is -2.31. The lowest BCUT2D eigenvalue weighted by Gasteiger charge is -2.09. The fourth-order valence-corrected chi connectivity index (χ4v) is 3.06. The van der Waals surface area contributed by atoms with Crippen LogP contribution in [0, 0.1) is 10.1 Å². The van der Waals surface area contributed by atoms with E-state index in [1.54, 1.807) is 12.1 Å². The summed E-state index contributed by atoms with van der Waals surface area (Å²) in [6, 6.07) is 6.66. The third kappa shape index (κ3) is 6.08. The van der Waals surface area contributed by atoms with Crippen molar-refractivity contribution >= 4 is 39.0 Å². The van der Waals surface area contributed by atoms with E-state index in [0.29, 0.717) is 5.76 Å². The van der Waals surface area contributed by atoms with Gasteiger partial charge in [-0.15, -0.1) is 0 Å². The molecule has 0 amide bonds. The average Bonchev–Trinajstić information content (AvgIpc) is 3.16. The van der Waals surface area contributed by atoms with Gasteiger partial charge in [-0.2, -0.15) is 4.72 Å². The minimum atomic E-state index is -4.18. The molecule has 10 nitrogen and oxygen atoms in total. The molecule has 0 aliphatic carbocycles. The van der Waals surface area contributed by atoms with E-state index >= 15 is 0 Å². The Morgan fingerprint density at radius 2 is 2.11 bits per heavy atom. The van der Waals surface area contributed by atoms with Crippen molar-refractivity contribution in [3.63, 3.8) is 0 Å². The summed E-state index contributed by atoms with van der Waals surface area (Å²) in [5, 5.41) is 14.2. The molecule has 1 aromatic heterocycles. The maximum Gasteiger partial charge on any atom is 0.321 e. The zero-order chi connectivity index (χ0) is 20.7. The Balaban J connectivity index is 2.11. The highest BCUT2D eigenvalue weighted by Crippen LogP contribution is 2.28. The van der Waals surface area contributed by atoms with Crippen molar-refractivity contribution in [2.24, 2.45) is 0 Å². The number of nitro groups is 1. The second-order valence-electron chi connectivity index (χ2n) is 5.37. The molecule has 0 saturated carbocycles. The van der Waals surface area contributed by atoms with Gasteiger partial charge in [0.25, 0.3) is 5.69 Å². The van der Waals surface area contributed by atoms with Crippen molar-refractivity contribution in [1.29, 1.82) is 0 Å². The van der Waals surface area contributed by atoms with Crippen molar-refractivity contribution in [3.8, 4) is 0 Å². The lowest BCUT2D eigenvalue weighted by molar-refractivity contribution is -0.384. The summed E-state index contributed by atoms with van der Waals surface area (Å²) in [6.45, 7) is 2.57. The van der Waals surface area contributed by atoms with Crippen LogP contribution in [0.3, 0.4) is 0 Å². The lowest BCUT2D eigenvalue weighted by atomic mass is 10.2. The summed E-state index contributed by atoms with van der Waals surface area (Å²) in [5.74, 6) is -0.331. The normalized spacial score (nSPS) is 11.0. The maximum absolute atomic E-state index is 12.3. The van der Waals surface area contributed by atoms with E-state index < -0.39 is 33.1 Å². The quantitative estimate of drug-likeness (QED) is 0.333. The number of rotatable bonds is 10. The van der Waals surface area contributed by atoms with Gasteiger partial charge in [0.1, 0.15) is 24.6 Å².